The maximum absolute atomic E-state index is 12.5. The van der Waals surface area contributed by atoms with Gasteiger partial charge in [-0.25, -0.2) is 14.6 Å². The van der Waals surface area contributed by atoms with E-state index in [1.165, 1.54) is 22.0 Å². The van der Waals surface area contributed by atoms with E-state index in [0.717, 1.165) is 11.3 Å². The monoisotopic (exact) mass is 565 g/mol. The molecule has 2 aliphatic rings. The van der Waals surface area contributed by atoms with E-state index in [1.54, 1.807) is 12.1 Å². The Morgan fingerprint density at radius 1 is 1.08 bits per heavy atom. The van der Waals surface area contributed by atoms with Gasteiger partial charge < -0.3 is 20.8 Å². The smallest absolute Gasteiger partial charge is 0.225 e. The van der Waals surface area contributed by atoms with Crippen LogP contribution in [0.1, 0.15) is 37.3 Å². The first-order valence-corrected chi connectivity index (χ1v) is 14.1. The quantitative estimate of drug-likeness (QED) is 0.237. The number of aromatic nitrogens is 5. The van der Waals surface area contributed by atoms with E-state index in [1.807, 2.05) is 37.3 Å². The van der Waals surface area contributed by atoms with Crippen molar-refractivity contribution >= 4 is 46.3 Å². The normalized spacial score (nSPS) is 26.1. The fourth-order valence-electron chi connectivity index (χ4n) is 5.20. The van der Waals surface area contributed by atoms with E-state index in [2.05, 4.69) is 33.1 Å². The third kappa shape index (κ3) is 5.19. The van der Waals surface area contributed by atoms with Gasteiger partial charge in [0.05, 0.1) is 18.1 Å². The molecule has 10 nitrogen and oxygen atoms in total. The number of hydrogen-bond acceptors (Lipinski definition) is 9. The standard InChI is InChI=1S/C27H28ClN7O3S/c1-2-29-26(38)18-13-20(23(37)22(18)36)35-25-21(33-34-35)24(30-19-12-17(19)14-6-4-3-5-7-14)31-27(32-25)39-16-10-8-15(28)9-11-16/h3-11,17-20,22-23,36-37H,2,12-13H2,1H3,(H,29,38)(H,30,31,32). The summed E-state index contributed by atoms with van der Waals surface area (Å²) in [6.45, 7) is 2.25. The molecule has 6 rings (SSSR count). The minimum absolute atomic E-state index is 0.185. The zero-order chi connectivity index (χ0) is 27.1. The first-order valence-electron chi connectivity index (χ1n) is 12.9. The van der Waals surface area contributed by atoms with Gasteiger partial charge >= 0.3 is 0 Å². The molecule has 0 spiro atoms. The van der Waals surface area contributed by atoms with E-state index >= 15 is 0 Å². The molecule has 12 heteroatoms. The maximum Gasteiger partial charge on any atom is 0.225 e. The van der Waals surface area contributed by atoms with Crippen LogP contribution in [0.2, 0.25) is 5.02 Å². The molecule has 39 heavy (non-hydrogen) atoms. The maximum atomic E-state index is 12.5. The van der Waals surface area contributed by atoms with Gasteiger partial charge in [0.1, 0.15) is 6.10 Å². The molecule has 2 aliphatic carbocycles. The molecule has 202 valence electrons. The summed E-state index contributed by atoms with van der Waals surface area (Å²) in [5.41, 5.74) is 2.16. The molecule has 6 unspecified atom stereocenters. The second kappa shape index (κ2) is 10.7. The van der Waals surface area contributed by atoms with Crippen molar-refractivity contribution in [2.24, 2.45) is 5.92 Å². The van der Waals surface area contributed by atoms with Crippen LogP contribution in [0.15, 0.2) is 64.6 Å². The summed E-state index contributed by atoms with van der Waals surface area (Å²) >= 11 is 7.43. The van der Waals surface area contributed by atoms with Crippen LogP contribution in [0, 0.1) is 5.92 Å². The molecule has 2 aromatic carbocycles. The lowest BCUT2D eigenvalue weighted by Crippen LogP contribution is -2.38. The van der Waals surface area contributed by atoms with E-state index < -0.39 is 24.2 Å². The Bertz CT molecular complexity index is 1490. The number of hydrogen-bond donors (Lipinski definition) is 4. The molecule has 2 aromatic heterocycles. The molecule has 0 aliphatic heterocycles. The topological polar surface area (TPSA) is 138 Å². The third-order valence-corrected chi connectivity index (χ3v) is 8.44. The van der Waals surface area contributed by atoms with Crippen LogP contribution < -0.4 is 10.6 Å². The number of amides is 1. The first kappa shape index (κ1) is 26.0. The second-order valence-electron chi connectivity index (χ2n) is 9.91. The van der Waals surface area contributed by atoms with Crippen molar-refractivity contribution < 1.29 is 15.0 Å². The lowest BCUT2D eigenvalue weighted by atomic mass is 10.0. The Morgan fingerprint density at radius 3 is 2.59 bits per heavy atom. The van der Waals surface area contributed by atoms with E-state index in [0.29, 0.717) is 39.6 Å². The average Bonchev–Trinajstić information content (AvgIpc) is 3.48. The number of rotatable bonds is 8. The highest BCUT2D eigenvalue weighted by molar-refractivity contribution is 7.99. The van der Waals surface area contributed by atoms with Crippen molar-refractivity contribution in [2.45, 2.75) is 60.0 Å². The molecular weight excluding hydrogens is 538 g/mol. The molecule has 2 saturated carbocycles. The number of carbonyl (C=O) groups is 1. The lowest BCUT2D eigenvalue weighted by molar-refractivity contribution is -0.128. The van der Waals surface area contributed by atoms with E-state index in [4.69, 9.17) is 21.6 Å². The predicted molar refractivity (Wildman–Crippen MR) is 148 cm³/mol. The number of fused-ring (bicyclic) bond motifs is 1. The molecule has 4 N–H and O–H groups in total. The van der Waals surface area contributed by atoms with Gasteiger partial charge in [-0.3, -0.25) is 4.79 Å². The SMILES string of the molecule is CCNC(=O)C1CC(n2nnc3c(NC4CC4c4ccccc4)nc(Sc4ccc(Cl)cc4)nc32)C(O)C1O. The summed E-state index contributed by atoms with van der Waals surface area (Å²) in [6, 6.07) is 17.2. The molecule has 2 heterocycles. The van der Waals surface area contributed by atoms with Crippen LogP contribution in [0.3, 0.4) is 0 Å². The number of anilines is 1. The van der Waals surface area contributed by atoms with Crippen LogP contribution >= 0.6 is 23.4 Å². The molecule has 4 aromatic rings. The van der Waals surface area contributed by atoms with Crippen molar-refractivity contribution in [3.05, 3.63) is 65.2 Å². The Morgan fingerprint density at radius 2 is 1.85 bits per heavy atom. The summed E-state index contributed by atoms with van der Waals surface area (Å²) in [5.74, 6) is -0.139. The zero-order valence-corrected chi connectivity index (χ0v) is 22.7. The predicted octanol–water partition coefficient (Wildman–Crippen LogP) is 3.41. The zero-order valence-electron chi connectivity index (χ0n) is 21.1. The van der Waals surface area contributed by atoms with Crippen molar-refractivity contribution in [1.82, 2.24) is 30.3 Å². The minimum atomic E-state index is -1.22. The van der Waals surface area contributed by atoms with Gasteiger partial charge in [0.25, 0.3) is 0 Å². The number of aliphatic hydroxyl groups is 2. The van der Waals surface area contributed by atoms with Crippen LogP contribution in [0.25, 0.3) is 11.2 Å². The van der Waals surface area contributed by atoms with Gasteiger partial charge in [0.15, 0.2) is 22.1 Å². The molecule has 6 atom stereocenters. The number of nitrogens with one attached hydrogen (secondary N) is 2. The summed E-state index contributed by atoms with van der Waals surface area (Å²) in [6.07, 6.45) is -1.25. The first-order chi connectivity index (χ1) is 18.9. The highest BCUT2D eigenvalue weighted by Gasteiger charge is 2.47. The fraction of sp³-hybridized carbons (Fsp3) is 0.370. The average molecular weight is 566 g/mol. The number of benzene rings is 2. The Balaban J connectivity index is 1.35. The van der Waals surface area contributed by atoms with Gasteiger partial charge in [-0.05, 0) is 61.4 Å². The third-order valence-electron chi connectivity index (χ3n) is 7.32. The number of aliphatic hydroxyl groups excluding tert-OH is 2. The van der Waals surface area contributed by atoms with Crippen LogP contribution in [-0.2, 0) is 4.79 Å². The summed E-state index contributed by atoms with van der Waals surface area (Å²) in [5, 5.41) is 37.6. The van der Waals surface area contributed by atoms with Crippen LogP contribution in [0.5, 0.6) is 0 Å². The van der Waals surface area contributed by atoms with E-state index in [9.17, 15) is 15.0 Å². The number of halogens is 1. The van der Waals surface area contributed by atoms with Gasteiger partial charge in [-0.2, -0.15) is 0 Å². The Hall–Kier alpha value is -3.25. The largest absolute Gasteiger partial charge is 0.390 e. The fourth-order valence-corrected chi connectivity index (χ4v) is 6.08. The molecular formula is C27H28ClN7O3S. The van der Waals surface area contributed by atoms with Crippen molar-refractivity contribution in [1.29, 1.82) is 0 Å². The van der Waals surface area contributed by atoms with Crippen molar-refractivity contribution in [2.75, 3.05) is 11.9 Å². The molecule has 0 radical (unpaired) electrons. The minimum Gasteiger partial charge on any atom is -0.390 e. The molecule has 0 bridgehead atoms. The molecule has 2 fully saturated rings. The van der Waals surface area contributed by atoms with Gasteiger partial charge in [0, 0.05) is 28.4 Å². The highest BCUT2D eigenvalue weighted by Crippen LogP contribution is 2.44. The number of carbonyl (C=O) groups excluding carboxylic acids is 1. The lowest BCUT2D eigenvalue weighted by Gasteiger charge is -2.17. The Labute approximate surface area is 234 Å². The highest BCUT2D eigenvalue weighted by atomic mass is 35.5. The van der Waals surface area contributed by atoms with Crippen LogP contribution in [0.4, 0.5) is 5.82 Å². The summed E-state index contributed by atoms with van der Waals surface area (Å²) < 4.78 is 1.52. The van der Waals surface area contributed by atoms with E-state index in [-0.39, 0.29) is 18.4 Å². The van der Waals surface area contributed by atoms with Gasteiger partial charge in [-0.15, -0.1) is 5.10 Å². The summed E-state index contributed by atoms with van der Waals surface area (Å²) in [4.78, 5) is 23.0. The van der Waals surface area contributed by atoms with Gasteiger partial charge in [0.2, 0.25) is 5.91 Å². The Kier molecular flexibility index (Phi) is 7.15. The molecule has 0 saturated heterocycles. The second-order valence-corrected chi connectivity index (χ2v) is 11.4. The number of nitrogens with zero attached hydrogens (tertiary/aromatic N) is 5. The van der Waals surface area contributed by atoms with Crippen LogP contribution in [-0.4, -0.2) is 65.9 Å². The van der Waals surface area contributed by atoms with Crippen molar-refractivity contribution in [3.63, 3.8) is 0 Å². The molecule has 1 amide bonds. The van der Waals surface area contributed by atoms with Gasteiger partial charge in [-0.1, -0.05) is 47.1 Å². The van der Waals surface area contributed by atoms with Crippen molar-refractivity contribution in [3.8, 4) is 0 Å². The summed E-state index contributed by atoms with van der Waals surface area (Å²) in [7, 11) is 0.